The van der Waals surface area contributed by atoms with Crippen LogP contribution in [0.3, 0.4) is 0 Å². The van der Waals surface area contributed by atoms with E-state index in [-0.39, 0.29) is 24.8 Å². The number of nitrogens with one attached hydrogen (secondary N) is 1. The van der Waals surface area contributed by atoms with E-state index in [0.29, 0.717) is 36.1 Å². The van der Waals surface area contributed by atoms with E-state index < -0.39 is 0 Å². The van der Waals surface area contributed by atoms with Crippen LogP contribution in [0.25, 0.3) is 0 Å². The Morgan fingerprint density at radius 3 is 2.61 bits per heavy atom. The van der Waals surface area contributed by atoms with Crippen molar-refractivity contribution in [3.8, 4) is 17.2 Å². The van der Waals surface area contributed by atoms with Crippen LogP contribution in [0, 0.1) is 5.82 Å². The number of carbonyl (C=O) groups is 1. The van der Waals surface area contributed by atoms with Gasteiger partial charge in [-0.05, 0) is 36.4 Å². The zero-order chi connectivity index (χ0) is 16.1. The van der Waals surface area contributed by atoms with E-state index in [9.17, 15) is 9.18 Å². The summed E-state index contributed by atoms with van der Waals surface area (Å²) in [5.74, 6) is 1.32. The average molecular weight is 317 g/mol. The molecule has 2 aromatic rings. The Morgan fingerprint density at radius 2 is 1.83 bits per heavy atom. The first kappa shape index (κ1) is 15.1. The van der Waals surface area contributed by atoms with Crippen LogP contribution < -0.4 is 19.5 Å². The predicted octanol–water partition coefficient (Wildman–Crippen LogP) is 3.00. The monoisotopic (exact) mass is 317 g/mol. The number of hydrogen-bond acceptors (Lipinski definition) is 4. The molecule has 0 spiro atoms. The predicted molar refractivity (Wildman–Crippen MR) is 82.6 cm³/mol. The number of ether oxygens (including phenoxy) is 3. The molecule has 1 aliphatic heterocycles. The Hall–Kier alpha value is -2.76. The first-order valence-corrected chi connectivity index (χ1v) is 7.28. The summed E-state index contributed by atoms with van der Waals surface area (Å²) in [5, 5.41) is 2.77. The van der Waals surface area contributed by atoms with Gasteiger partial charge in [0.1, 0.15) is 24.8 Å². The second-order valence-electron chi connectivity index (χ2n) is 4.96. The summed E-state index contributed by atoms with van der Waals surface area (Å²) in [7, 11) is 0. The topological polar surface area (TPSA) is 56.8 Å². The van der Waals surface area contributed by atoms with Crippen molar-refractivity contribution in [2.75, 3.05) is 25.1 Å². The lowest BCUT2D eigenvalue weighted by atomic mass is 10.2. The third-order valence-electron chi connectivity index (χ3n) is 3.24. The van der Waals surface area contributed by atoms with E-state index in [1.807, 2.05) is 0 Å². The Labute approximate surface area is 133 Å². The number of benzene rings is 2. The molecule has 0 saturated carbocycles. The fraction of sp³-hybridized carbons (Fsp3) is 0.235. The number of rotatable bonds is 5. The van der Waals surface area contributed by atoms with E-state index in [4.69, 9.17) is 14.2 Å². The molecule has 0 bridgehead atoms. The molecule has 0 aromatic heterocycles. The molecular weight excluding hydrogens is 301 g/mol. The molecule has 0 atom stereocenters. The molecule has 3 rings (SSSR count). The van der Waals surface area contributed by atoms with Gasteiger partial charge in [0.2, 0.25) is 5.91 Å². The first-order chi connectivity index (χ1) is 11.2. The second kappa shape index (κ2) is 7.00. The largest absolute Gasteiger partial charge is 0.493 e. The summed E-state index contributed by atoms with van der Waals surface area (Å²) in [6.45, 7) is 1.23. The summed E-state index contributed by atoms with van der Waals surface area (Å²) in [5.41, 5.74) is 0.640. The van der Waals surface area contributed by atoms with E-state index in [1.165, 1.54) is 24.3 Å². The maximum absolute atomic E-state index is 12.8. The SMILES string of the molecule is O=C(CCOc1ccc(F)cc1)Nc1ccc2c(c1)OCCO2. The third-order valence-corrected chi connectivity index (χ3v) is 3.24. The maximum atomic E-state index is 12.8. The molecule has 2 aromatic carbocycles. The van der Waals surface area contributed by atoms with Crippen LogP contribution in [0.15, 0.2) is 42.5 Å². The molecule has 0 aliphatic carbocycles. The van der Waals surface area contributed by atoms with Crippen molar-refractivity contribution in [1.29, 1.82) is 0 Å². The summed E-state index contributed by atoms with van der Waals surface area (Å²) in [6, 6.07) is 10.9. The van der Waals surface area contributed by atoms with Crippen LogP contribution in [0.5, 0.6) is 17.2 Å². The van der Waals surface area contributed by atoms with Crippen molar-refractivity contribution >= 4 is 11.6 Å². The number of carbonyl (C=O) groups excluding carboxylic acids is 1. The first-order valence-electron chi connectivity index (χ1n) is 7.28. The Kier molecular flexibility index (Phi) is 4.61. The molecule has 0 fully saturated rings. The number of anilines is 1. The number of fused-ring (bicyclic) bond motifs is 1. The van der Waals surface area contributed by atoms with Crippen molar-refractivity contribution in [3.63, 3.8) is 0 Å². The van der Waals surface area contributed by atoms with Crippen molar-refractivity contribution in [1.82, 2.24) is 0 Å². The van der Waals surface area contributed by atoms with E-state index in [2.05, 4.69) is 5.32 Å². The fourth-order valence-corrected chi connectivity index (χ4v) is 2.14. The molecule has 0 saturated heterocycles. The highest BCUT2D eigenvalue weighted by molar-refractivity contribution is 5.91. The minimum Gasteiger partial charge on any atom is -0.493 e. The van der Waals surface area contributed by atoms with E-state index >= 15 is 0 Å². The van der Waals surface area contributed by atoms with Crippen molar-refractivity contribution in [2.45, 2.75) is 6.42 Å². The van der Waals surface area contributed by atoms with E-state index in [1.54, 1.807) is 18.2 Å². The highest BCUT2D eigenvalue weighted by Crippen LogP contribution is 2.32. The van der Waals surface area contributed by atoms with Crippen molar-refractivity contribution in [3.05, 3.63) is 48.3 Å². The second-order valence-corrected chi connectivity index (χ2v) is 4.96. The molecule has 1 heterocycles. The molecule has 1 amide bonds. The Bertz CT molecular complexity index is 687. The van der Waals surface area contributed by atoms with Crippen molar-refractivity contribution < 1.29 is 23.4 Å². The number of amides is 1. The highest BCUT2D eigenvalue weighted by Gasteiger charge is 2.12. The normalized spacial score (nSPS) is 12.6. The van der Waals surface area contributed by atoms with Gasteiger partial charge in [0.15, 0.2) is 11.5 Å². The van der Waals surface area contributed by atoms with Gasteiger partial charge in [-0.2, -0.15) is 0 Å². The highest BCUT2D eigenvalue weighted by atomic mass is 19.1. The standard InChI is InChI=1S/C17H16FNO4/c18-12-1-4-14(5-2-12)21-8-7-17(20)19-13-3-6-15-16(11-13)23-10-9-22-15/h1-6,11H,7-10H2,(H,19,20). The van der Waals surface area contributed by atoms with Crippen LogP contribution in [0.2, 0.25) is 0 Å². The van der Waals surface area contributed by atoms with Gasteiger partial charge in [-0.15, -0.1) is 0 Å². The number of halogens is 1. The molecule has 0 unspecified atom stereocenters. The zero-order valence-corrected chi connectivity index (χ0v) is 12.4. The summed E-state index contributed by atoms with van der Waals surface area (Å²) < 4.78 is 29.0. The summed E-state index contributed by atoms with van der Waals surface area (Å²) in [4.78, 5) is 11.9. The van der Waals surface area contributed by atoms with Crippen LogP contribution in [-0.2, 0) is 4.79 Å². The van der Waals surface area contributed by atoms with E-state index in [0.717, 1.165) is 0 Å². The fourth-order valence-electron chi connectivity index (χ4n) is 2.14. The molecular formula is C17H16FNO4. The van der Waals surface area contributed by atoms with Gasteiger partial charge in [-0.25, -0.2) is 4.39 Å². The van der Waals surface area contributed by atoms with Gasteiger partial charge < -0.3 is 19.5 Å². The van der Waals surface area contributed by atoms with Gasteiger partial charge in [0.25, 0.3) is 0 Å². The lowest BCUT2D eigenvalue weighted by molar-refractivity contribution is -0.116. The van der Waals surface area contributed by atoms with Gasteiger partial charge >= 0.3 is 0 Å². The Morgan fingerprint density at radius 1 is 1.09 bits per heavy atom. The third kappa shape index (κ3) is 4.12. The van der Waals surface area contributed by atoms with Crippen molar-refractivity contribution in [2.24, 2.45) is 0 Å². The quantitative estimate of drug-likeness (QED) is 0.921. The summed E-state index contributed by atoms with van der Waals surface area (Å²) in [6.07, 6.45) is 0.186. The number of hydrogen-bond donors (Lipinski definition) is 1. The lowest BCUT2D eigenvalue weighted by Crippen LogP contribution is -2.17. The van der Waals surface area contributed by atoms with Crippen LogP contribution in [-0.4, -0.2) is 25.7 Å². The smallest absolute Gasteiger partial charge is 0.227 e. The van der Waals surface area contributed by atoms with Crippen LogP contribution in [0.4, 0.5) is 10.1 Å². The zero-order valence-electron chi connectivity index (χ0n) is 12.4. The maximum Gasteiger partial charge on any atom is 0.227 e. The minimum absolute atomic E-state index is 0.177. The van der Waals surface area contributed by atoms with Gasteiger partial charge in [0, 0.05) is 11.8 Å². The average Bonchev–Trinajstić information content (AvgIpc) is 2.56. The molecule has 1 N–H and O–H groups in total. The van der Waals surface area contributed by atoms with Gasteiger partial charge in [-0.3, -0.25) is 4.79 Å². The molecule has 23 heavy (non-hydrogen) atoms. The minimum atomic E-state index is -0.325. The molecule has 120 valence electrons. The molecule has 6 heteroatoms. The Balaban J connectivity index is 1.48. The van der Waals surface area contributed by atoms with Gasteiger partial charge in [-0.1, -0.05) is 0 Å². The molecule has 1 aliphatic rings. The lowest BCUT2D eigenvalue weighted by Gasteiger charge is -2.19. The van der Waals surface area contributed by atoms with Crippen LogP contribution in [0.1, 0.15) is 6.42 Å². The van der Waals surface area contributed by atoms with Gasteiger partial charge in [0.05, 0.1) is 13.0 Å². The van der Waals surface area contributed by atoms with Crippen LogP contribution >= 0.6 is 0 Å². The molecule has 0 radical (unpaired) electrons. The summed E-state index contributed by atoms with van der Waals surface area (Å²) >= 11 is 0. The molecule has 5 nitrogen and oxygen atoms in total.